The van der Waals surface area contributed by atoms with Crippen molar-refractivity contribution in [2.45, 2.75) is 63.9 Å². The number of benzene rings is 1. The third kappa shape index (κ3) is 2.82. The van der Waals surface area contributed by atoms with Crippen molar-refractivity contribution in [1.82, 2.24) is 0 Å². The number of methoxy groups -OCH3 is 1. The zero-order valence-electron chi connectivity index (χ0n) is 14.9. The Morgan fingerprint density at radius 2 is 1.88 bits per heavy atom. The van der Waals surface area contributed by atoms with Gasteiger partial charge in [-0.25, -0.2) is 0 Å². The highest BCUT2D eigenvalue weighted by Gasteiger charge is 2.43. The van der Waals surface area contributed by atoms with Crippen LogP contribution >= 0.6 is 0 Å². The van der Waals surface area contributed by atoms with E-state index < -0.39 is 0 Å². The topological polar surface area (TPSA) is 9.23 Å². The van der Waals surface area contributed by atoms with Gasteiger partial charge in [-0.15, -0.1) is 0 Å². The van der Waals surface area contributed by atoms with Crippen molar-refractivity contribution in [2.75, 3.05) is 7.11 Å². The molecule has 4 rings (SSSR count). The van der Waals surface area contributed by atoms with E-state index in [-0.39, 0.29) is 5.41 Å². The Kier molecular flexibility index (Phi) is 4.27. The maximum absolute atomic E-state index is 5.56. The lowest BCUT2D eigenvalue weighted by molar-refractivity contribution is 0.0448. The summed E-state index contributed by atoms with van der Waals surface area (Å²) in [7, 11) is 1.84. The smallest absolute Gasteiger partial charge is 0.0572 e. The fraction of sp³-hybridized carbons (Fsp3) is 0.565. The van der Waals surface area contributed by atoms with Crippen LogP contribution in [0, 0.1) is 23.2 Å². The van der Waals surface area contributed by atoms with Crippen LogP contribution in [0.1, 0.15) is 68.1 Å². The first-order valence-electron chi connectivity index (χ1n) is 9.57. The van der Waals surface area contributed by atoms with Crippen molar-refractivity contribution in [2.24, 2.45) is 11.3 Å². The van der Waals surface area contributed by atoms with E-state index in [9.17, 15) is 0 Å². The Morgan fingerprint density at radius 3 is 2.58 bits per heavy atom. The molecule has 0 N–H and O–H groups in total. The highest BCUT2D eigenvalue weighted by molar-refractivity contribution is 5.77. The van der Waals surface area contributed by atoms with Gasteiger partial charge in [0.1, 0.15) is 0 Å². The van der Waals surface area contributed by atoms with Gasteiger partial charge in [-0.05, 0) is 79.2 Å². The van der Waals surface area contributed by atoms with Gasteiger partial charge in [0.2, 0.25) is 0 Å². The van der Waals surface area contributed by atoms with Gasteiger partial charge in [-0.1, -0.05) is 37.3 Å². The first kappa shape index (κ1) is 16.0. The van der Waals surface area contributed by atoms with Gasteiger partial charge >= 0.3 is 0 Å². The van der Waals surface area contributed by atoms with Crippen LogP contribution in [-0.4, -0.2) is 13.2 Å². The minimum absolute atomic E-state index is 0.287. The molecule has 0 aromatic heterocycles. The molecule has 126 valence electrons. The molecule has 3 aliphatic carbocycles. The fourth-order valence-corrected chi connectivity index (χ4v) is 4.96. The normalized spacial score (nSPS) is 29.5. The maximum Gasteiger partial charge on any atom is 0.0572 e. The summed E-state index contributed by atoms with van der Waals surface area (Å²) >= 11 is 0. The number of hydrogen-bond acceptors (Lipinski definition) is 1. The van der Waals surface area contributed by atoms with Gasteiger partial charge in [-0.2, -0.15) is 0 Å². The summed E-state index contributed by atoms with van der Waals surface area (Å²) in [6.45, 7) is 4.51. The molecular weight excluding hydrogens is 292 g/mol. The zero-order chi connectivity index (χ0) is 16.6. The highest BCUT2D eigenvalue weighted by atomic mass is 16.5. The molecule has 0 amide bonds. The predicted octanol–water partition coefficient (Wildman–Crippen LogP) is 5.37. The van der Waals surface area contributed by atoms with Gasteiger partial charge in [0.15, 0.2) is 0 Å². The van der Waals surface area contributed by atoms with E-state index in [0.29, 0.717) is 12.0 Å². The minimum Gasteiger partial charge on any atom is -0.381 e. The predicted molar refractivity (Wildman–Crippen MR) is 99.7 cm³/mol. The van der Waals surface area contributed by atoms with Crippen molar-refractivity contribution < 1.29 is 4.74 Å². The Hall–Kier alpha value is -1.52. The Labute approximate surface area is 146 Å². The highest BCUT2D eigenvalue weighted by Crippen LogP contribution is 2.54. The average molecular weight is 320 g/mol. The van der Waals surface area contributed by atoms with Gasteiger partial charge in [0, 0.05) is 18.6 Å². The number of fused-ring (bicyclic) bond motifs is 1. The summed E-state index contributed by atoms with van der Waals surface area (Å²) in [5, 5.41) is 0. The van der Waals surface area contributed by atoms with Crippen LogP contribution in [0.3, 0.4) is 0 Å². The van der Waals surface area contributed by atoms with E-state index in [1.54, 1.807) is 0 Å². The lowest BCUT2D eigenvalue weighted by Crippen LogP contribution is -2.30. The molecule has 2 fully saturated rings. The van der Waals surface area contributed by atoms with Crippen molar-refractivity contribution in [1.29, 1.82) is 0 Å². The van der Waals surface area contributed by atoms with Crippen molar-refractivity contribution in [3.8, 4) is 11.8 Å². The molecule has 0 bridgehead atoms. The molecule has 1 heteroatoms. The number of allylic oxidation sites excluding steroid dienone is 1. The van der Waals surface area contributed by atoms with E-state index in [1.807, 2.05) is 7.11 Å². The second-order valence-electron chi connectivity index (χ2n) is 7.99. The van der Waals surface area contributed by atoms with Crippen molar-refractivity contribution in [3.05, 3.63) is 41.5 Å². The quantitative estimate of drug-likeness (QED) is 0.632. The molecule has 0 unspecified atom stereocenters. The molecule has 0 radical (unpaired) electrons. The lowest BCUT2D eigenvalue weighted by atomic mass is 9.69. The molecule has 1 aromatic carbocycles. The summed E-state index contributed by atoms with van der Waals surface area (Å²) in [4.78, 5) is 0. The molecule has 2 saturated carbocycles. The first-order valence-corrected chi connectivity index (χ1v) is 9.57. The van der Waals surface area contributed by atoms with Crippen LogP contribution in [0.25, 0.3) is 5.57 Å². The van der Waals surface area contributed by atoms with Crippen molar-refractivity contribution in [3.63, 3.8) is 0 Å². The molecule has 0 saturated heterocycles. The number of hydrogen-bond donors (Lipinski definition) is 0. The van der Waals surface area contributed by atoms with E-state index >= 15 is 0 Å². The SMILES string of the molecule is C=C1c2cc(C#CC3CCCC3)ccc2CC12CCC(OC)CC2. The summed E-state index contributed by atoms with van der Waals surface area (Å²) in [5.74, 6) is 7.55. The zero-order valence-corrected chi connectivity index (χ0v) is 14.9. The van der Waals surface area contributed by atoms with Crippen LogP contribution in [0.5, 0.6) is 0 Å². The number of ether oxygens (including phenoxy) is 1. The molecule has 0 aliphatic heterocycles. The summed E-state index contributed by atoms with van der Waals surface area (Å²) in [6.07, 6.45) is 11.6. The van der Waals surface area contributed by atoms with Gasteiger partial charge in [0.25, 0.3) is 0 Å². The van der Waals surface area contributed by atoms with E-state index in [1.165, 1.54) is 60.8 Å². The van der Waals surface area contributed by atoms with Crippen LogP contribution in [-0.2, 0) is 11.2 Å². The second kappa shape index (κ2) is 6.41. The van der Waals surface area contributed by atoms with Crippen LogP contribution in [0.15, 0.2) is 24.8 Å². The average Bonchev–Trinajstić information content (AvgIpc) is 3.22. The fourth-order valence-electron chi connectivity index (χ4n) is 4.96. The number of rotatable bonds is 1. The van der Waals surface area contributed by atoms with Gasteiger partial charge in [-0.3, -0.25) is 0 Å². The van der Waals surface area contributed by atoms with Crippen LogP contribution in [0.2, 0.25) is 0 Å². The molecule has 1 spiro atoms. The molecular formula is C23H28O. The summed E-state index contributed by atoms with van der Waals surface area (Å²) in [5.41, 5.74) is 5.67. The molecule has 0 heterocycles. The van der Waals surface area contributed by atoms with Crippen LogP contribution in [0.4, 0.5) is 0 Å². The molecule has 1 nitrogen and oxygen atoms in total. The Morgan fingerprint density at radius 1 is 1.12 bits per heavy atom. The van der Waals surface area contributed by atoms with Crippen molar-refractivity contribution >= 4 is 5.57 Å². The lowest BCUT2D eigenvalue weighted by Gasteiger charge is -2.37. The summed E-state index contributed by atoms with van der Waals surface area (Å²) in [6, 6.07) is 6.82. The second-order valence-corrected chi connectivity index (χ2v) is 7.99. The standard InChI is InChI=1S/C23H28O/c1-17-22-15-19(8-7-18-5-3-4-6-18)9-10-20(22)16-23(17)13-11-21(24-2)12-14-23/h9-10,15,18,21H,1,3-6,11-14,16H2,2H3. The third-order valence-electron chi connectivity index (χ3n) is 6.60. The monoisotopic (exact) mass is 320 g/mol. The van der Waals surface area contributed by atoms with Crippen LogP contribution < -0.4 is 0 Å². The molecule has 24 heavy (non-hydrogen) atoms. The van der Waals surface area contributed by atoms with Gasteiger partial charge < -0.3 is 4.74 Å². The first-order chi connectivity index (χ1) is 11.7. The summed E-state index contributed by atoms with van der Waals surface area (Å²) < 4.78 is 5.56. The molecule has 3 aliphatic rings. The van der Waals surface area contributed by atoms with E-state index in [2.05, 4.69) is 36.6 Å². The third-order valence-corrected chi connectivity index (χ3v) is 6.60. The Balaban J connectivity index is 1.54. The largest absolute Gasteiger partial charge is 0.381 e. The van der Waals surface area contributed by atoms with E-state index in [0.717, 1.165) is 19.3 Å². The Bertz CT molecular complexity index is 688. The maximum atomic E-state index is 5.56. The van der Waals surface area contributed by atoms with E-state index in [4.69, 9.17) is 4.74 Å². The molecule has 1 aromatic rings. The minimum atomic E-state index is 0.287. The molecule has 0 atom stereocenters. The van der Waals surface area contributed by atoms with Gasteiger partial charge in [0.05, 0.1) is 6.10 Å².